The van der Waals surface area contributed by atoms with E-state index in [0.717, 1.165) is 36.0 Å². The van der Waals surface area contributed by atoms with E-state index in [9.17, 15) is 9.90 Å². The minimum atomic E-state index is -0.605. The van der Waals surface area contributed by atoms with Crippen molar-refractivity contribution >= 4 is 23.5 Å². The van der Waals surface area contributed by atoms with Crippen molar-refractivity contribution in [3.63, 3.8) is 0 Å². The Hall–Kier alpha value is -2.22. The second-order valence-corrected chi connectivity index (χ2v) is 8.13. The number of anilines is 1. The number of aliphatic hydroxyl groups excluding tert-OH is 1. The van der Waals surface area contributed by atoms with Gasteiger partial charge < -0.3 is 20.5 Å². The molecular formula is C20H21ClN4O3. The Labute approximate surface area is 167 Å². The first-order chi connectivity index (χ1) is 13.6. The van der Waals surface area contributed by atoms with Crippen LogP contribution in [0.3, 0.4) is 0 Å². The zero-order valence-corrected chi connectivity index (χ0v) is 16.0. The molecule has 28 heavy (non-hydrogen) atoms. The third-order valence-corrected chi connectivity index (χ3v) is 6.27. The molecule has 1 saturated heterocycles. The summed E-state index contributed by atoms with van der Waals surface area (Å²) in [5.41, 5.74) is 3.00. The number of hydrogen-bond acceptors (Lipinski definition) is 6. The Bertz CT molecular complexity index is 947. The Morgan fingerprint density at radius 2 is 2.21 bits per heavy atom. The van der Waals surface area contributed by atoms with Gasteiger partial charge in [-0.3, -0.25) is 4.79 Å². The lowest BCUT2D eigenvalue weighted by Gasteiger charge is -2.39. The van der Waals surface area contributed by atoms with Crippen LogP contribution in [0, 0.1) is 0 Å². The van der Waals surface area contributed by atoms with Gasteiger partial charge in [-0.05, 0) is 43.4 Å². The van der Waals surface area contributed by atoms with Crippen molar-refractivity contribution in [2.24, 2.45) is 0 Å². The van der Waals surface area contributed by atoms with Gasteiger partial charge in [0.2, 0.25) is 5.95 Å². The molecule has 2 fully saturated rings. The molecule has 8 heteroatoms. The van der Waals surface area contributed by atoms with Crippen LogP contribution in [0.2, 0.25) is 5.02 Å². The average molecular weight is 401 g/mol. The lowest BCUT2D eigenvalue weighted by atomic mass is 9.72. The van der Waals surface area contributed by atoms with Gasteiger partial charge >= 0.3 is 0 Å². The highest BCUT2D eigenvalue weighted by atomic mass is 35.5. The Morgan fingerprint density at radius 1 is 1.36 bits per heavy atom. The van der Waals surface area contributed by atoms with E-state index in [1.807, 2.05) is 18.2 Å². The number of aliphatic hydroxyl groups is 1. The summed E-state index contributed by atoms with van der Waals surface area (Å²) in [4.78, 5) is 21.1. The minimum Gasteiger partial charge on any atom is -0.389 e. The molecule has 146 valence electrons. The summed E-state index contributed by atoms with van der Waals surface area (Å²) in [6.07, 6.45) is 4.67. The number of nitrogens with zero attached hydrogens (tertiary/aromatic N) is 2. The Morgan fingerprint density at radius 3 is 2.96 bits per heavy atom. The number of fused-ring (bicyclic) bond motifs is 2. The number of carbonyl (C=O) groups is 1. The molecule has 1 saturated carbocycles. The molecule has 3 heterocycles. The summed E-state index contributed by atoms with van der Waals surface area (Å²) >= 11 is 6.40. The SMILES string of the molecule is O=C1NC2(CCC2)c2cc(-c3nc(N[C@@H]4CCOC[C@H]4O)ncc3Cl)ccc21. The molecule has 0 bridgehead atoms. The normalized spacial score (nSPS) is 25.1. The molecule has 1 amide bonds. The number of rotatable bonds is 3. The highest BCUT2D eigenvalue weighted by molar-refractivity contribution is 6.32. The van der Waals surface area contributed by atoms with Crippen molar-refractivity contribution in [3.05, 3.63) is 40.5 Å². The molecule has 2 aliphatic heterocycles. The van der Waals surface area contributed by atoms with Gasteiger partial charge in [0.05, 0.1) is 41.2 Å². The topological polar surface area (TPSA) is 96.4 Å². The standard InChI is InChI=1S/C20H21ClN4O3/c21-14-9-22-19(23-15-4-7-28-10-16(15)26)24-17(14)11-2-3-12-13(8-11)20(5-1-6-20)25-18(12)27/h2-3,8-9,15-16,26H,1,4-7,10H2,(H,25,27)(H,22,23,24)/t15-,16-/m1/s1. The van der Waals surface area contributed by atoms with Crippen molar-refractivity contribution in [2.75, 3.05) is 18.5 Å². The number of benzene rings is 1. The lowest BCUT2D eigenvalue weighted by molar-refractivity contribution is -0.0136. The number of amides is 1. The molecule has 1 aromatic carbocycles. The first-order valence-corrected chi connectivity index (χ1v) is 9.96. The first kappa shape index (κ1) is 17.8. The number of aromatic nitrogens is 2. The predicted molar refractivity (Wildman–Crippen MR) is 104 cm³/mol. The van der Waals surface area contributed by atoms with Crippen LogP contribution in [0.1, 0.15) is 41.6 Å². The molecule has 2 aromatic rings. The highest BCUT2D eigenvalue weighted by Crippen LogP contribution is 2.47. The molecule has 1 aliphatic carbocycles. The molecule has 3 N–H and O–H groups in total. The van der Waals surface area contributed by atoms with Gasteiger partial charge in [-0.15, -0.1) is 0 Å². The first-order valence-electron chi connectivity index (χ1n) is 9.58. The highest BCUT2D eigenvalue weighted by Gasteiger charge is 2.47. The van der Waals surface area contributed by atoms with E-state index in [2.05, 4.69) is 20.6 Å². The van der Waals surface area contributed by atoms with Crippen LogP contribution < -0.4 is 10.6 Å². The van der Waals surface area contributed by atoms with Crippen molar-refractivity contribution in [2.45, 2.75) is 43.4 Å². The van der Waals surface area contributed by atoms with Crippen LogP contribution in [-0.2, 0) is 10.3 Å². The van der Waals surface area contributed by atoms with E-state index in [1.165, 1.54) is 0 Å². The molecule has 1 spiro atoms. The molecule has 2 atom stereocenters. The zero-order valence-electron chi connectivity index (χ0n) is 15.2. The monoisotopic (exact) mass is 400 g/mol. The van der Waals surface area contributed by atoms with Gasteiger partial charge in [-0.1, -0.05) is 17.7 Å². The van der Waals surface area contributed by atoms with Gasteiger partial charge in [-0.2, -0.15) is 0 Å². The summed E-state index contributed by atoms with van der Waals surface area (Å²) in [5.74, 6) is 0.407. The maximum Gasteiger partial charge on any atom is 0.252 e. The van der Waals surface area contributed by atoms with Crippen molar-refractivity contribution in [1.29, 1.82) is 0 Å². The molecule has 7 nitrogen and oxygen atoms in total. The quantitative estimate of drug-likeness (QED) is 0.732. The van der Waals surface area contributed by atoms with Gasteiger partial charge in [0.15, 0.2) is 0 Å². The van der Waals surface area contributed by atoms with E-state index in [-0.39, 0.29) is 17.5 Å². The van der Waals surface area contributed by atoms with Gasteiger partial charge in [0.25, 0.3) is 5.91 Å². The number of halogens is 1. The summed E-state index contributed by atoms with van der Waals surface area (Å²) in [5, 5.41) is 16.9. The summed E-state index contributed by atoms with van der Waals surface area (Å²) < 4.78 is 5.26. The van der Waals surface area contributed by atoms with Gasteiger partial charge in [-0.25, -0.2) is 9.97 Å². The second kappa shape index (κ2) is 6.69. The van der Waals surface area contributed by atoms with Crippen molar-refractivity contribution in [3.8, 4) is 11.3 Å². The fraction of sp³-hybridized carbons (Fsp3) is 0.450. The average Bonchev–Trinajstić information content (AvgIpc) is 2.98. The third-order valence-electron chi connectivity index (χ3n) is 6.00. The van der Waals surface area contributed by atoms with E-state index in [0.29, 0.717) is 36.3 Å². The molecule has 0 unspecified atom stereocenters. The maximum atomic E-state index is 12.3. The number of hydrogen-bond donors (Lipinski definition) is 3. The second-order valence-electron chi connectivity index (χ2n) is 7.72. The maximum absolute atomic E-state index is 12.3. The van der Waals surface area contributed by atoms with Crippen LogP contribution in [-0.4, -0.2) is 46.3 Å². The number of carbonyl (C=O) groups excluding carboxylic acids is 1. The van der Waals surface area contributed by atoms with Crippen molar-refractivity contribution < 1.29 is 14.6 Å². The molecule has 3 aliphatic rings. The van der Waals surface area contributed by atoms with E-state index >= 15 is 0 Å². The summed E-state index contributed by atoms with van der Waals surface area (Å²) in [7, 11) is 0. The van der Waals surface area contributed by atoms with E-state index in [1.54, 1.807) is 6.20 Å². The lowest BCUT2D eigenvalue weighted by Crippen LogP contribution is -2.45. The third kappa shape index (κ3) is 2.85. The van der Waals surface area contributed by atoms with Crippen LogP contribution in [0.5, 0.6) is 0 Å². The Kier molecular flexibility index (Phi) is 4.26. The van der Waals surface area contributed by atoms with Crippen LogP contribution in [0.4, 0.5) is 5.95 Å². The molecular weight excluding hydrogens is 380 g/mol. The summed E-state index contributed by atoms with van der Waals surface area (Å²) in [6.45, 7) is 0.884. The van der Waals surface area contributed by atoms with Gasteiger partial charge in [0.1, 0.15) is 0 Å². The fourth-order valence-electron chi connectivity index (χ4n) is 4.26. The van der Waals surface area contributed by atoms with E-state index < -0.39 is 6.10 Å². The smallest absolute Gasteiger partial charge is 0.252 e. The molecule has 1 aromatic heterocycles. The van der Waals surface area contributed by atoms with Crippen LogP contribution in [0.25, 0.3) is 11.3 Å². The number of ether oxygens (including phenoxy) is 1. The predicted octanol–water partition coefficient (Wildman–Crippen LogP) is 2.48. The largest absolute Gasteiger partial charge is 0.389 e. The van der Waals surface area contributed by atoms with Crippen LogP contribution in [0.15, 0.2) is 24.4 Å². The summed E-state index contributed by atoms with van der Waals surface area (Å²) in [6, 6.07) is 5.58. The van der Waals surface area contributed by atoms with Crippen molar-refractivity contribution in [1.82, 2.24) is 15.3 Å². The minimum absolute atomic E-state index is 0.00843. The van der Waals surface area contributed by atoms with Gasteiger partial charge in [0, 0.05) is 17.7 Å². The zero-order chi connectivity index (χ0) is 19.3. The fourth-order valence-corrected chi connectivity index (χ4v) is 4.46. The Balaban J connectivity index is 1.48. The molecule has 5 rings (SSSR count). The van der Waals surface area contributed by atoms with Crippen LogP contribution >= 0.6 is 11.6 Å². The van der Waals surface area contributed by atoms with E-state index in [4.69, 9.17) is 16.3 Å². The molecule has 0 radical (unpaired) electrons. The number of nitrogens with one attached hydrogen (secondary N) is 2.